The maximum atomic E-state index is 10.6. The monoisotopic (exact) mass is 297 g/mol. The number of carbonyl (C=O) groups is 1. The Kier molecular flexibility index (Phi) is 6.50. The van der Waals surface area contributed by atoms with Gasteiger partial charge in [-0.05, 0) is 36.8 Å². The topological polar surface area (TPSA) is 40.5 Å². The molecule has 2 rings (SSSR count). The molecule has 1 N–H and O–H groups in total. The van der Waals surface area contributed by atoms with Crippen molar-refractivity contribution in [1.29, 1.82) is 0 Å². The minimum Gasteiger partial charge on any atom is -0.481 e. The average Bonchev–Trinajstić information content (AvgIpc) is 2.78. The van der Waals surface area contributed by atoms with E-state index in [9.17, 15) is 4.79 Å². The number of benzene rings is 1. The zero-order valence-electron chi connectivity index (χ0n) is 12.0. The number of nitrogens with zero attached hydrogens (tertiary/aromatic N) is 1. The first kappa shape index (κ1) is 17.0. The predicted molar refractivity (Wildman–Crippen MR) is 83.4 cm³/mol. The second-order valence-corrected chi connectivity index (χ2v) is 5.97. The highest BCUT2D eigenvalue weighted by molar-refractivity contribution is 5.85. The maximum absolute atomic E-state index is 10.6. The molecule has 112 valence electrons. The number of aliphatic carboxylic acids is 1. The van der Waals surface area contributed by atoms with Crippen molar-refractivity contribution in [3.8, 4) is 0 Å². The summed E-state index contributed by atoms with van der Waals surface area (Å²) < 4.78 is 0. The number of hydrogen-bond donors (Lipinski definition) is 1. The molecule has 0 saturated carbocycles. The van der Waals surface area contributed by atoms with Crippen LogP contribution in [-0.4, -0.2) is 35.6 Å². The van der Waals surface area contributed by atoms with Crippen LogP contribution in [-0.2, 0) is 11.2 Å². The van der Waals surface area contributed by atoms with Gasteiger partial charge in [0.15, 0.2) is 0 Å². The molecule has 1 unspecified atom stereocenters. The lowest BCUT2D eigenvalue weighted by Crippen LogP contribution is -2.27. The molecule has 1 aromatic rings. The Morgan fingerprint density at radius 1 is 1.35 bits per heavy atom. The number of likely N-dealkylation sites (tertiary alicyclic amines) is 1. The lowest BCUT2D eigenvalue weighted by atomic mass is 9.83. The lowest BCUT2D eigenvalue weighted by molar-refractivity contribution is -0.137. The normalized spacial score (nSPS) is 22.4. The first-order chi connectivity index (χ1) is 9.07. The molecule has 1 fully saturated rings. The molecule has 1 aliphatic rings. The molecule has 0 spiro atoms. The Morgan fingerprint density at radius 3 is 2.70 bits per heavy atom. The smallest absolute Gasteiger partial charge is 0.304 e. The highest BCUT2D eigenvalue weighted by Crippen LogP contribution is 2.34. The Labute approximate surface area is 127 Å². The van der Waals surface area contributed by atoms with Gasteiger partial charge in [-0.25, -0.2) is 0 Å². The number of carboxylic acids is 1. The molecular formula is C16H24ClNO2. The Balaban J connectivity index is 0.00000200. The predicted octanol–water partition coefficient (Wildman–Crippen LogP) is 3.23. The molecule has 1 aromatic carbocycles. The third kappa shape index (κ3) is 5.14. The van der Waals surface area contributed by atoms with Gasteiger partial charge in [0.2, 0.25) is 0 Å². The molecule has 0 bridgehead atoms. The molecule has 1 heterocycles. The van der Waals surface area contributed by atoms with E-state index < -0.39 is 5.97 Å². The second-order valence-electron chi connectivity index (χ2n) is 5.97. The summed E-state index contributed by atoms with van der Waals surface area (Å²) in [5, 5.41) is 8.73. The van der Waals surface area contributed by atoms with Gasteiger partial charge in [-0.1, -0.05) is 37.3 Å². The van der Waals surface area contributed by atoms with Crippen molar-refractivity contribution in [2.24, 2.45) is 5.41 Å². The summed E-state index contributed by atoms with van der Waals surface area (Å²) in [6.45, 7) is 5.10. The van der Waals surface area contributed by atoms with E-state index in [1.807, 2.05) is 0 Å². The summed E-state index contributed by atoms with van der Waals surface area (Å²) in [6.07, 6.45) is 3.74. The van der Waals surface area contributed by atoms with Gasteiger partial charge in [0, 0.05) is 13.1 Å². The van der Waals surface area contributed by atoms with Crippen LogP contribution in [0.15, 0.2) is 30.3 Å². The summed E-state index contributed by atoms with van der Waals surface area (Å²) in [7, 11) is 0. The van der Waals surface area contributed by atoms with Gasteiger partial charge in [-0.15, -0.1) is 12.4 Å². The van der Waals surface area contributed by atoms with Crippen LogP contribution in [0.3, 0.4) is 0 Å². The van der Waals surface area contributed by atoms with E-state index in [2.05, 4.69) is 42.2 Å². The summed E-state index contributed by atoms with van der Waals surface area (Å²) in [5.74, 6) is -0.696. The van der Waals surface area contributed by atoms with Crippen LogP contribution in [0.2, 0.25) is 0 Å². The standard InChI is InChI=1S/C16H23NO2.ClH/c1-16(9-7-14-5-3-2-4-6-14)10-12-17(13-16)11-8-15(18)19;/h2-6H,7-13H2,1H3,(H,18,19);1H. The van der Waals surface area contributed by atoms with Crippen LogP contribution in [0, 0.1) is 5.41 Å². The molecule has 1 aliphatic heterocycles. The molecule has 0 aliphatic carbocycles. The number of halogens is 1. The van der Waals surface area contributed by atoms with Crippen LogP contribution in [0.25, 0.3) is 0 Å². The minimum absolute atomic E-state index is 0. The average molecular weight is 298 g/mol. The van der Waals surface area contributed by atoms with E-state index in [4.69, 9.17) is 5.11 Å². The number of rotatable bonds is 6. The van der Waals surface area contributed by atoms with E-state index in [-0.39, 0.29) is 18.8 Å². The van der Waals surface area contributed by atoms with Crippen LogP contribution in [0.1, 0.15) is 31.7 Å². The van der Waals surface area contributed by atoms with Crippen LogP contribution < -0.4 is 0 Å². The van der Waals surface area contributed by atoms with Crippen molar-refractivity contribution in [3.63, 3.8) is 0 Å². The van der Waals surface area contributed by atoms with Gasteiger partial charge < -0.3 is 10.0 Å². The molecule has 1 atom stereocenters. The summed E-state index contributed by atoms with van der Waals surface area (Å²) in [6, 6.07) is 10.6. The van der Waals surface area contributed by atoms with Crippen LogP contribution in [0.4, 0.5) is 0 Å². The van der Waals surface area contributed by atoms with Crippen molar-refractivity contribution in [3.05, 3.63) is 35.9 Å². The van der Waals surface area contributed by atoms with E-state index in [1.165, 1.54) is 18.4 Å². The molecule has 0 amide bonds. The lowest BCUT2D eigenvalue weighted by Gasteiger charge is -2.24. The molecule has 0 radical (unpaired) electrons. The van der Waals surface area contributed by atoms with Crippen molar-refractivity contribution in [2.45, 2.75) is 32.6 Å². The highest BCUT2D eigenvalue weighted by atomic mass is 35.5. The van der Waals surface area contributed by atoms with Crippen molar-refractivity contribution >= 4 is 18.4 Å². The van der Waals surface area contributed by atoms with Crippen molar-refractivity contribution in [2.75, 3.05) is 19.6 Å². The largest absolute Gasteiger partial charge is 0.481 e. The van der Waals surface area contributed by atoms with E-state index in [0.717, 1.165) is 19.5 Å². The van der Waals surface area contributed by atoms with Gasteiger partial charge in [0.25, 0.3) is 0 Å². The molecule has 0 aromatic heterocycles. The SMILES string of the molecule is CC1(CCc2ccccc2)CCN(CCC(=O)O)C1.Cl. The fraction of sp³-hybridized carbons (Fsp3) is 0.562. The van der Waals surface area contributed by atoms with E-state index >= 15 is 0 Å². The zero-order valence-corrected chi connectivity index (χ0v) is 12.9. The van der Waals surface area contributed by atoms with Gasteiger partial charge in [-0.3, -0.25) is 4.79 Å². The number of carboxylic acid groups (broad SMARTS) is 1. The first-order valence-corrected chi connectivity index (χ1v) is 7.05. The third-order valence-corrected chi connectivity index (χ3v) is 4.14. The molecule has 4 heteroatoms. The van der Waals surface area contributed by atoms with Crippen molar-refractivity contribution < 1.29 is 9.90 Å². The van der Waals surface area contributed by atoms with Gasteiger partial charge in [0.1, 0.15) is 0 Å². The van der Waals surface area contributed by atoms with E-state index in [1.54, 1.807) is 0 Å². The Hall–Kier alpha value is -1.06. The molecule has 3 nitrogen and oxygen atoms in total. The quantitative estimate of drug-likeness (QED) is 0.876. The zero-order chi connectivity index (χ0) is 13.7. The van der Waals surface area contributed by atoms with Crippen LogP contribution >= 0.6 is 12.4 Å². The summed E-state index contributed by atoms with van der Waals surface area (Å²) >= 11 is 0. The minimum atomic E-state index is -0.696. The summed E-state index contributed by atoms with van der Waals surface area (Å²) in [4.78, 5) is 12.9. The van der Waals surface area contributed by atoms with Crippen molar-refractivity contribution in [1.82, 2.24) is 4.90 Å². The highest BCUT2D eigenvalue weighted by Gasteiger charge is 2.33. The fourth-order valence-electron chi connectivity index (χ4n) is 2.87. The Morgan fingerprint density at radius 2 is 2.05 bits per heavy atom. The van der Waals surface area contributed by atoms with E-state index in [0.29, 0.717) is 12.0 Å². The fourth-order valence-corrected chi connectivity index (χ4v) is 2.87. The van der Waals surface area contributed by atoms with Gasteiger partial charge in [0.05, 0.1) is 6.42 Å². The number of aryl methyl sites for hydroxylation is 1. The van der Waals surface area contributed by atoms with Gasteiger partial charge in [-0.2, -0.15) is 0 Å². The van der Waals surface area contributed by atoms with Gasteiger partial charge >= 0.3 is 5.97 Å². The molecule has 1 saturated heterocycles. The third-order valence-electron chi connectivity index (χ3n) is 4.14. The maximum Gasteiger partial charge on any atom is 0.304 e. The number of hydrogen-bond acceptors (Lipinski definition) is 2. The first-order valence-electron chi connectivity index (χ1n) is 7.05. The molecular weight excluding hydrogens is 274 g/mol. The summed E-state index contributed by atoms with van der Waals surface area (Å²) in [5.41, 5.74) is 1.74. The van der Waals surface area contributed by atoms with Crippen LogP contribution in [0.5, 0.6) is 0 Å². The molecule has 20 heavy (non-hydrogen) atoms. The Bertz CT molecular complexity index is 424. The second kappa shape index (κ2) is 7.65.